The molecule has 0 spiro atoms. The van der Waals surface area contributed by atoms with Crippen LogP contribution in [0.4, 0.5) is 0 Å². The van der Waals surface area contributed by atoms with Gasteiger partial charge in [-0.25, -0.2) is 8.42 Å². The molecule has 0 aromatic carbocycles. The quantitative estimate of drug-likeness (QED) is 0.677. The first-order valence-electron chi connectivity index (χ1n) is 4.70. The van der Waals surface area contributed by atoms with Crippen molar-refractivity contribution in [3.63, 3.8) is 0 Å². The van der Waals surface area contributed by atoms with Crippen molar-refractivity contribution in [2.24, 2.45) is 0 Å². The maximum atomic E-state index is 10.8. The van der Waals surface area contributed by atoms with Crippen LogP contribution < -0.4 is 5.32 Å². The molecule has 0 atom stereocenters. The highest BCUT2D eigenvalue weighted by Crippen LogP contribution is 2.19. The Morgan fingerprint density at radius 1 is 1.36 bits per heavy atom. The molecule has 0 radical (unpaired) electrons. The normalized spacial score (nSPS) is 13.1. The van der Waals surface area contributed by atoms with E-state index in [-0.39, 0.29) is 10.5 Å². The lowest BCUT2D eigenvalue weighted by molar-refractivity contribution is 0.576. The maximum absolute atomic E-state index is 10.8. The van der Waals surface area contributed by atoms with Crippen LogP contribution in [0.15, 0.2) is 0 Å². The second-order valence-electron chi connectivity index (χ2n) is 4.12. The summed E-state index contributed by atoms with van der Waals surface area (Å²) in [6.07, 6.45) is 4.06. The first kappa shape index (κ1) is 14.3. The van der Waals surface area contributed by atoms with Gasteiger partial charge in [-0.2, -0.15) is 11.8 Å². The Morgan fingerprint density at radius 3 is 2.36 bits per heavy atom. The topological polar surface area (TPSA) is 46.2 Å². The van der Waals surface area contributed by atoms with Crippen LogP contribution in [0.2, 0.25) is 0 Å². The molecule has 0 amide bonds. The van der Waals surface area contributed by atoms with Gasteiger partial charge in [0.15, 0.2) is 0 Å². The lowest BCUT2D eigenvalue weighted by Gasteiger charge is -2.22. The molecule has 5 heteroatoms. The predicted molar refractivity (Wildman–Crippen MR) is 64.8 cm³/mol. The summed E-state index contributed by atoms with van der Waals surface area (Å²) in [7, 11) is -2.79. The van der Waals surface area contributed by atoms with Crippen LogP contribution in [0.25, 0.3) is 0 Å². The Labute approximate surface area is 92.0 Å². The molecule has 0 saturated heterocycles. The van der Waals surface area contributed by atoms with E-state index < -0.39 is 9.84 Å². The summed E-state index contributed by atoms with van der Waals surface area (Å²) >= 11 is 1.81. The SMILES string of the molecule is CSC(C)(C)CNCCCS(C)(=O)=O. The summed E-state index contributed by atoms with van der Waals surface area (Å²) in [5.41, 5.74) is 0. The van der Waals surface area contributed by atoms with Gasteiger partial charge in [0.05, 0.1) is 5.75 Å². The van der Waals surface area contributed by atoms with Crippen LogP contribution in [0, 0.1) is 0 Å². The molecule has 0 rings (SSSR count). The number of sulfone groups is 1. The highest BCUT2D eigenvalue weighted by Gasteiger charge is 2.14. The minimum atomic E-state index is -2.79. The fourth-order valence-corrected chi connectivity index (χ4v) is 1.84. The highest BCUT2D eigenvalue weighted by molar-refractivity contribution is 7.99. The maximum Gasteiger partial charge on any atom is 0.147 e. The van der Waals surface area contributed by atoms with Crippen molar-refractivity contribution in [3.8, 4) is 0 Å². The van der Waals surface area contributed by atoms with Gasteiger partial charge in [0.25, 0.3) is 0 Å². The van der Waals surface area contributed by atoms with Gasteiger partial charge in [-0.3, -0.25) is 0 Å². The minimum Gasteiger partial charge on any atom is -0.315 e. The van der Waals surface area contributed by atoms with Gasteiger partial charge < -0.3 is 5.32 Å². The standard InChI is InChI=1S/C9H21NO2S2/c1-9(2,13-3)8-10-6-5-7-14(4,11)12/h10H,5-8H2,1-4H3. The smallest absolute Gasteiger partial charge is 0.147 e. The molecular weight excluding hydrogens is 218 g/mol. The van der Waals surface area contributed by atoms with Gasteiger partial charge in [0.1, 0.15) is 9.84 Å². The first-order valence-corrected chi connectivity index (χ1v) is 7.99. The van der Waals surface area contributed by atoms with Crippen molar-refractivity contribution >= 4 is 21.6 Å². The third kappa shape index (κ3) is 8.84. The van der Waals surface area contributed by atoms with Crippen LogP contribution in [-0.2, 0) is 9.84 Å². The average Bonchev–Trinajstić information content (AvgIpc) is 2.01. The largest absolute Gasteiger partial charge is 0.315 e. The highest BCUT2D eigenvalue weighted by atomic mass is 32.2. The van der Waals surface area contributed by atoms with Gasteiger partial charge in [0, 0.05) is 17.5 Å². The fourth-order valence-electron chi connectivity index (χ4n) is 0.921. The molecule has 3 nitrogen and oxygen atoms in total. The number of rotatable bonds is 7. The molecule has 0 aromatic rings. The zero-order valence-corrected chi connectivity index (χ0v) is 11.1. The van der Waals surface area contributed by atoms with E-state index in [1.165, 1.54) is 6.26 Å². The van der Waals surface area contributed by atoms with Gasteiger partial charge in [0.2, 0.25) is 0 Å². The Morgan fingerprint density at radius 2 is 1.93 bits per heavy atom. The second-order valence-corrected chi connectivity index (χ2v) is 7.90. The molecular formula is C9H21NO2S2. The average molecular weight is 239 g/mol. The molecule has 14 heavy (non-hydrogen) atoms. The number of hydrogen-bond acceptors (Lipinski definition) is 4. The number of hydrogen-bond donors (Lipinski definition) is 1. The van der Waals surface area contributed by atoms with Crippen molar-refractivity contribution in [2.75, 3.05) is 31.4 Å². The van der Waals surface area contributed by atoms with E-state index >= 15 is 0 Å². The Hall–Kier alpha value is 0.260. The summed E-state index contributed by atoms with van der Waals surface area (Å²) in [6, 6.07) is 0. The molecule has 0 aliphatic rings. The number of nitrogens with one attached hydrogen (secondary N) is 1. The number of thioether (sulfide) groups is 1. The molecule has 0 saturated carbocycles. The Bertz CT molecular complexity index is 248. The van der Waals surface area contributed by atoms with E-state index in [0.717, 1.165) is 13.1 Å². The molecule has 0 unspecified atom stereocenters. The van der Waals surface area contributed by atoms with Crippen LogP contribution in [0.5, 0.6) is 0 Å². The van der Waals surface area contributed by atoms with E-state index in [9.17, 15) is 8.42 Å². The van der Waals surface area contributed by atoms with E-state index in [1.807, 2.05) is 11.8 Å². The minimum absolute atomic E-state index is 0.227. The van der Waals surface area contributed by atoms with E-state index in [0.29, 0.717) is 6.42 Å². The fraction of sp³-hybridized carbons (Fsp3) is 1.00. The second kappa shape index (κ2) is 5.98. The van der Waals surface area contributed by atoms with Crippen molar-refractivity contribution in [2.45, 2.75) is 25.0 Å². The molecule has 0 aromatic heterocycles. The van der Waals surface area contributed by atoms with Gasteiger partial charge in [-0.1, -0.05) is 0 Å². The van der Waals surface area contributed by atoms with Gasteiger partial charge in [-0.05, 0) is 33.1 Å². The van der Waals surface area contributed by atoms with Gasteiger partial charge in [-0.15, -0.1) is 0 Å². The molecule has 0 bridgehead atoms. The molecule has 0 heterocycles. The summed E-state index contributed by atoms with van der Waals surface area (Å²) in [5.74, 6) is 0.277. The summed E-state index contributed by atoms with van der Waals surface area (Å²) < 4.78 is 21.9. The summed E-state index contributed by atoms with van der Waals surface area (Å²) in [4.78, 5) is 0. The predicted octanol–water partition coefficient (Wildman–Crippen LogP) is 1.15. The van der Waals surface area contributed by atoms with Crippen LogP contribution in [-0.4, -0.2) is 44.5 Å². The molecule has 1 N–H and O–H groups in total. The zero-order chi connectivity index (χ0) is 11.2. The summed E-state index contributed by atoms with van der Waals surface area (Å²) in [6.45, 7) is 6.03. The lowest BCUT2D eigenvalue weighted by atomic mass is 10.2. The summed E-state index contributed by atoms with van der Waals surface area (Å²) in [5, 5.41) is 3.26. The zero-order valence-electron chi connectivity index (χ0n) is 9.46. The van der Waals surface area contributed by atoms with Crippen LogP contribution in [0.3, 0.4) is 0 Å². The van der Waals surface area contributed by atoms with Crippen molar-refractivity contribution in [1.29, 1.82) is 0 Å². The third-order valence-electron chi connectivity index (χ3n) is 1.97. The van der Waals surface area contributed by atoms with Crippen molar-refractivity contribution in [3.05, 3.63) is 0 Å². The lowest BCUT2D eigenvalue weighted by Crippen LogP contribution is -2.33. The molecule has 0 aliphatic carbocycles. The Kier molecular flexibility index (Phi) is 6.09. The van der Waals surface area contributed by atoms with Gasteiger partial charge >= 0.3 is 0 Å². The van der Waals surface area contributed by atoms with E-state index in [4.69, 9.17) is 0 Å². The van der Waals surface area contributed by atoms with Crippen LogP contribution in [0.1, 0.15) is 20.3 Å². The Balaban J connectivity index is 3.49. The van der Waals surface area contributed by atoms with Crippen molar-refractivity contribution in [1.82, 2.24) is 5.32 Å². The third-order valence-corrected chi connectivity index (χ3v) is 4.25. The van der Waals surface area contributed by atoms with Crippen molar-refractivity contribution < 1.29 is 8.42 Å². The molecule has 0 fully saturated rings. The van der Waals surface area contributed by atoms with E-state index in [2.05, 4.69) is 25.4 Å². The molecule has 0 aliphatic heterocycles. The monoisotopic (exact) mass is 239 g/mol. The van der Waals surface area contributed by atoms with Crippen LogP contribution >= 0.6 is 11.8 Å². The van der Waals surface area contributed by atoms with E-state index in [1.54, 1.807) is 0 Å². The first-order chi connectivity index (χ1) is 6.27. The molecule has 86 valence electrons.